The van der Waals surface area contributed by atoms with Gasteiger partial charge in [0.15, 0.2) is 0 Å². The van der Waals surface area contributed by atoms with E-state index in [2.05, 4.69) is 26.0 Å². The maximum absolute atomic E-state index is 2.37. The van der Waals surface area contributed by atoms with Crippen LogP contribution in [0.5, 0.6) is 0 Å². The molecule has 0 saturated heterocycles. The van der Waals surface area contributed by atoms with Crippen molar-refractivity contribution in [3.8, 4) is 11.1 Å². The summed E-state index contributed by atoms with van der Waals surface area (Å²) in [4.78, 5) is 2.96. The standard InChI is InChI=1S/C10H10S2Si/c1-5-3-7-8-4-6(2)12-10(8)13-9(7)11-5/h3-4H,13H2,1-2H3. The highest BCUT2D eigenvalue weighted by atomic mass is 32.1. The average molecular weight is 222 g/mol. The number of aryl methyl sites for hydroxylation is 2. The van der Waals surface area contributed by atoms with E-state index < -0.39 is 0 Å². The van der Waals surface area contributed by atoms with Crippen LogP contribution in [-0.4, -0.2) is 9.52 Å². The van der Waals surface area contributed by atoms with Crippen molar-refractivity contribution in [3.05, 3.63) is 21.9 Å². The van der Waals surface area contributed by atoms with Crippen LogP contribution in [-0.2, 0) is 0 Å². The van der Waals surface area contributed by atoms with Crippen molar-refractivity contribution in [1.82, 2.24) is 0 Å². The Morgan fingerprint density at radius 3 is 1.85 bits per heavy atom. The zero-order chi connectivity index (χ0) is 9.00. The lowest BCUT2D eigenvalue weighted by molar-refractivity contribution is 1.62. The quantitative estimate of drug-likeness (QED) is 0.506. The van der Waals surface area contributed by atoms with Gasteiger partial charge in [0.05, 0.1) is 0 Å². The lowest BCUT2D eigenvalue weighted by Crippen LogP contribution is -2.15. The van der Waals surface area contributed by atoms with E-state index in [4.69, 9.17) is 0 Å². The predicted octanol–water partition coefficient (Wildman–Crippen LogP) is 1.53. The minimum absolute atomic E-state index is 0.0814. The van der Waals surface area contributed by atoms with Crippen LogP contribution in [0, 0.1) is 13.8 Å². The molecule has 0 amide bonds. The first-order valence-electron chi connectivity index (χ1n) is 4.43. The van der Waals surface area contributed by atoms with Gasteiger partial charge >= 0.3 is 0 Å². The van der Waals surface area contributed by atoms with Crippen LogP contribution in [0.3, 0.4) is 0 Å². The molecule has 2 aromatic rings. The van der Waals surface area contributed by atoms with Crippen molar-refractivity contribution in [2.45, 2.75) is 13.8 Å². The number of thiophene rings is 2. The highest BCUT2D eigenvalue weighted by Gasteiger charge is 2.22. The fourth-order valence-corrected chi connectivity index (χ4v) is 8.02. The molecule has 0 atom stereocenters. The van der Waals surface area contributed by atoms with E-state index in [0.29, 0.717) is 0 Å². The normalized spacial score (nSPS) is 13.1. The van der Waals surface area contributed by atoms with Gasteiger partial charge in [0.1, 0.15) is 9.52 Å². The van der Waals surface area contributed by atoms with Gasteiger partial charge in [0.25, 0.3) is 0 Å². The molecule has 0 unspecified atom stereocenters. The van der Waals surface area contributed by atoms with Crippen molar-refractivity contribution >= 4 is 41.2 Å². The Labute approximate surface area is 88.1 Å². The lowest BCUT2D eigenvalue weighted by Gasteiger charge is -1.87. The van der Waals surface area contributed by atoms with Crippen molar-refractivity contribution in [2.75, 3.05) is 0 Å². The Bertz CT molecular complexity index is 435. The van der Waals surface area contributed by atoms with Crippen LogP contribution in [0.15, 0.2) is 12.1 Å². The number of fused-ring (bicyclic) bond motifs is 3. The minimum atomic E-state index is -0.0814. The minimum Gasteiger partial charge on any atom is -0.150 e. The fraction of sp³-hybridized carbons (Fsp3) is 0.200. The second-order valence-corrected chi connectivity index (χ2v) is 9.04. The summed E-state index contributed by atoms with van der Waals surface area (Å²) >= 11 is 4.02. The van der Waals surface area contributed by atoms with E-state index in [0.717, 1.165) is 0 Å². The van der Waals surface area contributed by atoms with E-state index >= 15 is 0 Å². The first kappa shape index (κ1) is 7.97. The molecule has 3 rings (SSSR count). The van der Waals surface area contributed by atoms with E-state index in [-0.39, 0.29) is 9.52 Å². The van der Waals surface area contributed by atoms with Gasteiger partial charge in [0.2, 0.25) is 0 Å². The summed E-state index contributed by atoms with van der Waals surface area (Å²) < 4.78 is 3.41. The summed E-state index contributed by atoms with van der Waals surface area (Å²) in [5.74, 6) is 0. The summed E-state index contributed by atoms with van der Waals surface area (Å²) in [6, 6.07) is 4.73. The summed E-state index contributed by atoms with van der Waals surface area (Å²) in [6.45, 7) is 4.44. The van der Waals surface area contributed by atoms with Gasteiger partial charge in [-0.25, -0.2) is 0 Å². The first-order valence-corrected chi connectivity index (χ1v) is 7.48. The van der Waals surface area contributed by atoms with Gasteiger partial charge in [-0.15, -0.1) is 22.7 Å². The Hall–Kier alpha value is -0.383. The highest BCUT2D eigenvalue weighted by Crippen LogP contribution is 2.29. The van der Waals surface area contributed by atoms with Crippen molar-refractivity contribution < 1.29 is 0 Å². The smallest absolute Gasteiger partial charge is 0.114 e. The number of rotatable bonds is 0. The van der Waals surface area contributed by atoms with Gasteiger partial charge in [-0.2, -0.15) is 0 Å². The Balaban J connectivity index is 2.28. The predicted molar refractivity (Wildman–Crippen MR) is 64.9 cm³/mol. The molecule has 0 aromatic carbocycles. The Kier molecular flexibility index (Phi) is 1.57. The highest BCUT2D eigenvalue weighted by molar-refractivity contribution is 7.31. The van der Waals surface area contributed by atoms with Crippen LogP contribution in [0.25, 0.3) is 11.1 Å². The van der Waals surface area contributed by atoms with Gasteiger partial charge in [-0.3, -0.25) is 0 Å². The molecular weight excluding hydrogens is 212 g/mol. The van der Waals surface area contributed by atoms with Gasteiger partial charge in [-0.1, -0.05) is 0 Å². The van der Waals surface area contributed by atoms with Crippen LogP contribution >= 0.6 is 22.7 Å². The summed E-state index contributed by atoms with van der Waals surface area (Å²) in [6.07, 6.45) is 0. The zero-order valence-corrected chi connectivity index (χ0v) is 10.7. The second kappa shape index (κ2) is 2.56. The third-order valence-electron chi connectivity index (χ3n) is 2.48. The molecule has 0 nitrogen and oxygen atoms in total. The summed E-state index contributed by atoms with van der Waals surface area (Å²) in [5.41, 5.74) is 3.13. The molecule has 0 spiro atoms. The molecule has 0 aliphatic carbocycles. The molecule has 3 heteroatoms. The zero-order valence-electron chi connectivity index (χ0n) is 7.68. The van der Waals surface area contributed by atoms with Crippen molar-refractivity contribution in [3.63, 3.8) is 0 Å². The Morgan fingerprint density at radius 1 is 0.923 bits per heavy atom. The van der Waals surface area contributed by atoms with Crippen LogP contribution in [0.2, 0.25) is 0 Å². The Morgan fingerprint density at radius 2 is 1.38 bits per heavy atom. The lowest BCUT2D eigenvalue weighted by atomic mass is 10.2. The molecule has 0 saturated carbocycles. The summed E-state index contributed by atoms with van der Waals surface area (Å²) in [5, 5.41) is 0. The van der Waals surface area contributed by atoms with Gasteiger partial charge in [0, 0.05) is 9.75 Å². The van der Waals surface area contributed by atoms with Crippen LogP contribution in [0.4, 0.5) is 0 Å². The van der Waals surface area contributed by atoms with Crippen LogP contribution < -0.4 is 9.00 Å². The third-order valence-corrected chi connectivity index (χ3v) is 7.42. The third kappa shape index (κ3) is 1.07. The monoisotopic (exact) mass is 222 g/mol. The molecule has 0 N–H and O–H groups in total. The topological polar surface area (TPSA) is 0 Å². The first-order chi connectivity index (χ1) is 6.24. The number of hydrogen-bond donors (Lipinski definition) is 0. The molecule has 66 valence electrons. The molecular formula is C10H10S2Si. The van der Waals surface area contributed by atoms with E-state index in [1.165, 1.54) is 9.75 Å². The molecule has 1 aliphatic rings. The fourth-order valence-electron chi connectivity index (χ4n) is 1.99. The number of hydrogen-bond acceptors (Lipinski definition) is 2. The van der Waals surface area contributed by atoms with Gasteiger partial charge in [-0.05, 0) is 46.1 Å². The molecule has 0 radical (unpaired) electrons. The maximum atomic E-state index is 2.37. The molecule has 0 bridgehead atoms. The maximum Gasteiger partial charge on any atom is 0.114 e. The average Bonchev–Trinajstić information content (AvgIpc) is 2.60. The molecule has 1 aliphatic heterocycles. The van der Waals surface area contributed by atoms with E-state index in [9.17, 15) is 0 Å². The van der Waals surface area contributed by atoms with E-state index in [1.807, 2.05) is 22.7 Å². The molecule has 3 heterocycles. The molecule has 13 heavy (non-hydrogen) atoms. The van der Waals surface area contributed by atoms with Crippen molar-refractivity contribution in [1.29, 1.82) is 0 Å². The van der Waals surface area contributed by atoms with Crippen molar-refractivity contribution in [2.24, 2.45) is 0 Å². The van der Waals surface area contributed by atoms with Crippen LogP contribution in [0.1, 0.15) is 9.75 Å². The van der Waals surface area contributed by atoms with E-state index in [1.54, 1.807) is 20.1 Å². The SMILES string of the molecule is Cc1cc2c(s1)[SiH2]c1sc(C)cc1-2. The summed E-state index contributed by atoms with van der Waals surface area (Å²) in [7, 11) is -0.0814. The molecule has 0 fully saturated rings. The second-order valence-electron chi connectivity index (χ2n) is 3.56. The van der Waals surface area contributed by atoms with Gasteiger partial charge < -0.3 is 0 Å². The molecule has 2 aromatic heterocycles. The largest absolute Gasteiger partial charge is 0.150 e.